The minimum absolute atomic E-state index is 0.0888. The van der Waals surface area contributed by atoms with E-state index in [4.69, 9.17) is 11.6 Å². The van der Waals surface area contributed by atoms with E-state index in [2.05, 4.69) is 5.32 Å². The van der Waals surface area contributed by atoms with Crippen LogP contribution in [0.15, 0.2) is 48.5 Å². The van der Waals surface area contributed by atoms with E-state index in [0.29, 0.717) is 11.6 Å². The lowest BCUT2D eigenvalue weighted by atomic mass is 9.83. The van der Waals surface area contributed by atoms with Gasteiger partial charge in [0.25, 0.3) is 0 Å². The first-order valence-corrected chi connectivity index (χ1v) is 7.06. The summed E-state index contributed by atoms with van der Waals surface area (Å²) in [6.45, 7) is 4.09. The summed E-state index contributed by atoms with van der Waals surface area (Å²) in [6.07, 6.45) is 0. The highest BCUT2D eigenvalue weighted by atomic mass is 35.5. The van der Waals surface area contributed by atoms with E-state index in [9.17, 15) is 9.18 Å². The Labute approximate surface area is 128 Å². The molecule has 0 radical (unpaired) electrons. The van der Waals surface area contributed by atoms with Gasteiger partial charge in [-0.25, -0.2) is 4.39 Å². The minimum atomic E-state index is -0.662. The van der Waals surface area contributed by atoms with Crippen molar-refractivity contribution in [3.8, 4) is 0 Å². The van der Waals surface area contributed by atoms with Crippen molar-refractivity contribution in [3.63, 3.8) is 0 Å². The Morgan fingerprint density at radius 3 is 2.24 bits per heavy atom. The molecule has 0 bridgehead atoms. The Morgan fingerprint density at radius 1 is 1.10 bits per heavy atom. The molecule has 0 aromatic heterocycles. The summed E-state index contributed by atoms with van der Waals surface area (Å²) in [5.41, 5.74) is 1.09. The van der Waals surface area contributed by atoms with Gasteiger partial charge in [-0.2, -0.15) is 0 Å². The van der Waals surface area contributed by atoms with Gasteiger partial charge in [0.1, 0.15) is 5.82 Å². The molecule has 2 aromatic carbocycles. The third-order valence-corrected chi connectivity index (χ3v) is 3.75. The van der Waals surface area contributed by atoms with Crippen molar-refractivity contribution in [2.45, 2.75) is 25.8 Å². The molecule has 0 aliphatic heterocycles. The van der Waals surface area contributed by atoms with Crippen molar-refractivity contribution in [2.75, 3.05) is 0 Å². The third-order valence-electron chi connectivity index (χ3n) is 3.50. The number of hydrogen-bond donors (Lipinski definition) is 1. The number of amides is 1. The topological polar surface area (TPSA) is 29.1 Å². The summed E-state index contributed by atoms with van der Waals surface area (Å²) >= 11 is 5.86. The summed E-state index contributed by atoms with van der Waals surface area (Å²) < 4.78 is 12.8. The van der Waals surface area contributed by atoms with Crippen LogP contribution in [0.4, 0.5) is 4.39 Å². The molecule has 2 nitrogen and oxygen atoms in total. The average molecular weight is 306 g/mol. The maximum atomic E-state index is 12.8. The second-order valence-corrected chi connectivity index (χ2v) is 5.88. The lowest BCUT2D eigenvalue weighted by Crippen LogP contribution is -2.39. The first-order valence-electron chi connectivity index (χ1n) is 6.68. The fraction of sp³-hybridized carbons (Fsp3) is 0.235. The number of carbonyl (C=O) groups excluding carboxylic acids is 1. The summed E-state index contributed by atoms with van der Waals surface area (Å²) in [7, 11) is 0. The molecule has 1 N–H and O–H groups in total. The highest BCUT2D eigenvalue weighted by Gasteiger charge is 2.29. The monoisotopic (exact) mass is 305 g/mol. The molecule has 21 heavy (non-hydrogen) atoms. The van der Waals surface area contributed by atoms with E-state index >= 15 is 0 Å². The van der Waals surface area contributed by atoms with Crippen LogP contribution in [0, 0.1) is 5.82 Å². The molecule has 2 rings (SSSR count). The lowest BCUT2D eigenvalue weighted by Gasteiger charge is -2.24. The van der Waals surface area contributed by atoms with Crippen molar-refractivity contribution in [3.05, 3.63) is 70.5 Å². The summed E-state index contributed by atoms with van der Waals surface area (Å²) in [4.78, 5) is 12.4. The van der Waals surface area contributed by atoms with Gasteiger partial charge in [-0.15, -0.1) is 0 Å². The Bertz CT molecular complexity index is 620. The van der Waals surface area contributed by atoms with Gasteiger partial charge in [0, 0.05) is 11.6 Å². The first-order chi connectivity index (χ1) is 9.89. The maximum absolute atomic E-state index is 12.8. The predicted molar refractivity (Wildman–Crippen MR) is 82.7 cm³/mol. The smallest absolute Gasteiger partial charge is 0.230 e. The number of nitrogens with one attached hydrogen (secondary N) is 1. The van der Waals surface area contributed by atoms with E-state index in [0.717, 1.165) is 11.1 Å². The highest BCUT2D eigenvalue weighted by molar-refractivity contribution is 6.30. The van der Waals surface area contributed by atoms with Crippen LogP contribution >= 0.6 is 11.6 Å². The van der Waals surface area contributed by atoms with Crippen LogP contribution in [0.25, 0.3) is 0 Å². The second kappa shape index (κ2) is 6.27. The average Bonchev–Trinajstić information content (AvgIpc) is 2.46. The van der Waals surface area contributed by atoms with Crippen molar-refractivity contribution in [1.82, 2.24) is 5.32 Å². The molecule has 1 amide bonds. The fourth-order valence-corrected chi connectivity index (χ4v) is 2.13. The van der Waals surface area contributed by atoms with Crippen LogP contribution in [0.2, 0.25) is 5.02 Å². The van der Waals surface area contributed by atoms with Crippen LogP contribution in [0.5, 0.6) is 0 Å². The Balaban J connectivity index is 2.04. The zero-order chi connectivity index (χ0) is 15.5. The van der Waals surface area contributed by atoms with Gasteiger partial charge in [-0.1, -0.05) is 35.9 Å². The van der Waals surface area contributed by atoms with Crippen LogP contribution in [0.3, 0.4) is 0 Å². The third kappa shape index (κ3) is 3.82. The standard InChI is InChI=1S/C17H17ClFNO/c1-17(2,13-5-7-14(18)8-6-13)16(21)20-11-12-3-9-15(19)10-4-12/h3-10H,11H2,1-2H3,(H,20,21). The fourth-order valence-electron chi connectivity index (χ4n) is 2.00. The van der Waals surface area contributed by atoms with Gasteiger partial charge < -0.3 is 5.32 Å². The van der Waals surface area contributed by atoms with Crippen LogP contribution in [-0.4, -0.2) is 5.91 Å². The molecule has 2 aromatic rings. The Kier molecular flexibility index (Phi) is 4.63. The van der Waals surface area contributed by atoms with Crippen LogP contribution in [-0.2, 0) is 16.8 Å². The van der Waals surface area contributed by atoms with E-state index in [-0.39, 0.29) is 11.7 Å². The molecule has 0 spiro atoms. The molecule has 0 aliphatic carbocycles. The number of hydrogen-bond acceptors (Lipinski definition) is 1. The highest BCUT2D eigenvalue weighted by Crippen LogP contribution is 2.25. The van der Waals surface area contributed by atoms with E-state index in [1.165, 1.54) is 12.1 Å². The van der Waals surface area contributed by atoms with E-state index in [1.54, 1.807) is 24.3 Å². The minimum Gasteiger partial charge on any atom is -0.351 e. The zero-order valence-corrected chi connectivity index (χ0v) is 12.7. The molecule has 0 atom stereocenters. The normalized spacial score (nSPS) is 11.2. The van der Waals surface area contributed by atoms with Gasteiger partial charge in [-0.3, -0.25) is 4.79 Å². The van der Waals surface area contributed by atoms with Gasteiger partial charge in [0.05, 0.1) is 5.41 Å². The Morgan fingerprint density at radius 2 is 1.67 bits per heavy atom. The first kappa shape index (κ1) is 15.5. The summed E-state index contributed by atoms with van der Waals surface area (Å²) in [5, 5.41) is 3.52. The molecule has 0 saturated carbocycles. The molecule has 110 valence electrons. The zero-order valence-electron chi connectivity index (χ0n) is 12.0. The number of halogens is 2. The van der Waals surface area contributed by atoms with Crippen molar-refractivity contribution in [1.29, 1.82) is 0 Å². The number of benzene rings is 2. The summed E-state index contributed by atoms with van der Waals surface area (Å²) in [5.74, 6) is -0.374. The molecule has 0 fully saturated rings. The van der Waals surface area contributed by atoms with Gasteiger partial charge in [-0.05, 0) is 49.2 Å². The van der Waals surface area contributed by atoms with Crippen LogP contribution in [0.1, 0.15) is 25.0 Å². The van der Waals surface area contributed by atoms with Crippen molar-refractivity contribution in [2.24, 2.45) is 0 Å². The molecule has 0 heterocycles. The van der Waals surface area contributed by atoms with Crippen molar-refractivity contribution >= 4 is 17.5 Å². The quantitative estimate of drug-likeness (QED) is 0.906. The molecule has 0 saturated heterocycles. The van der Waals surface area contributed by atoms with Gasteiger partial charge in [0.2, 0.25) is 5.91 Å². The molecular weight excluding hydrogens is 289 g/mol. The second-order valence-electron chi connectivity index (χ2n) is 5.44. The maximum Gasteiger partial charge on any atom is 0.230 e. The molecule has 0 unspecified atom stereocenters. The van der Waals surface area contributed by atoms with Crippen LogP contribution < -0.4 is 5.32 Å². The molecular formula is C17H17ClFNO. The Hall–Kier alpha value is -1.87. The largest absolute Gasteiger partial charge is 0.351 e. The summed E-state index contributed by atoms with van der Waals surface area (Å²) in [6, 6.07) is 13.3. The van der Waals surface area contributed by atoms with Gasteiger partial charge in [0.15, 0.2) is 0 Å². The predicted octanol–water partition coefficient (Wildman–Crippen LogP) is 4.07. The van der Waals surface area contributed by atoms with E-state index < -0.39 is 5.41 Å². The van der Waals surface area contributed by atoms with E-state index in [1.807, 2.05) is 26.0 Å². The number of carbonyl (C=O) groups is 1. The number of rotatable bonds is 4. The molecule has 0 aliphatic rings. The molecule has 4 heteroatoms. The van der Waals surface area contributed by atoms with Gasteiger partial charge >= 0.3 is 0 Å². The lowest BCUT2D eigenvalue weighted by molar-refractivity contribution is -0.125. The SMILES string of the molecule is CC(C)(C(=O)NCc1ccc(F)cc1)c1ccc(Cl)cc1. The van der Waals surface area contributed by atoms with Crippen molar-refractivity contribution < 1.29 is 9.18 Å².